The molecule has 1 unspecified atom stereocenters. The van der Waals surface area contributed by atoms with Crippen LogP contribution in [0.25, 0.3) is 0 Å². The molecule has 100 valence electrons. The van der Waals surface area contributed by atoms with Gasteiger partial charge in [0.2, 0.25) is 0 Å². The summed E-state index contributed by atoms with van der Waals surface area (Å²) in [7, 11) is 1.99. The summed E-state index contributed by atoms with van der Waals surface area (Å²) in [6, 6.07) is 9.18. The van der Waals surface area contributed by atoms with Gasteiger partial charge in [0.05, 0.1) is 6.61 Å². The number of benzene rings is 1. The number of hydrogen-bond acceptors (Lipinski definition) is 2. The summed E-state index contributed by atoms with van der Waals surface area (Å²) in [6.07, 6.45) is 3.39. The molecule has 0 spiro atoms. The van der Waals surface area contributed by atoms with Crippen molar-refractivity contribution in [1.82, 2.24) is 5.32 Å². The molecule has 0 amide bonds. The lowest BCUT2D eigenvalue weighted by Crippen LogP contribution is -2.29. The van der Waals surface area contributed by atoms with Crippen LogP contribution in [0.15, 0.2) is 24.3 Å². The first-order valence-electron chi connectivity index (χ1n) is 6.98. The minimum absolute atomic E-state index is 0.0916. The van der Waals surface area contributed by atoms with Crippen LogP contribution in [0.4, 0.5) is 0 Å². The van der Waals surface area contributed by atoms with Crippen molar-refractivity contribution in [1.29, 1.82) is 0 Å². The average molecular weight is 247 g/mol. The highest BCUT2D eigenvalue weighted by Crippen LogP contribution is 2.54. The molecule has 0 heterocycles. The fourth-order valence-corrected chi connectivity index (χ4v) is 2.84. The zero-order chi connectivity index (χ0) is 13.2. The second kappa shape index (κ2) is 5.41. The van der Waals surface area contributed by atoms with Gasteiger partial charge in [0.15, 0.2) is 0 Å². The van der Waals surface area contributed by atoms with Crippen LogP contribution in [-0.2, 0) is 6.42 Å². The zero-order valence-corrected chi connectivity index (χ0v) is 11.7. The summed E-state index contributed by atoms with van der Waals surface area (Å²) in [5.41, 5.74) is 2.79. The van der Waals surface area contributed by atoms with Gasteiger partial charge < -0.3 is 10.4 Å². The Morgan fingerprint density at radius 1 is 1.22 bits per heavy atom. The minimum atomic E-state index is 0.0916. The van der Waals surface area contributed by atoms with E-state index in [1.54, 1.807) is 0 Å². The van der Waals surface area contributed by atoms with Gasteiger partial charge in [0, 0.05) is 11.5 Å². The molecule has 1 aromatic rings. The van der Waals surface area contributed by atoms with Crippen LogP contribution in [0.3, 0.4) is 0 Å². The molecule has 1 aromatic carbocycles. The maximum absolute atomic E-state index is 9.55. The predicted octanol–water partition coefficient (Wildman–Crippen LogP) is 2.92. The number of aliphatic hydroxyl groups excluding tert-OH is 1. The highest BCUT2D eigenvalue weighted by atomic mass is 16.3. The maximum Gasteiger partial charge on any atom is 0.0505 e. The van der Waals surface area contributed by atoms with Crippen molar-refractivity contribution in [3.63, 3.8) is 0 Å². The topological polar surface area (TPSA) is 32.3 Å². The van der Waals surface area contributed by atoms with Gasteiger partial charge in [-0.2, -0.15) is 0 Å². The van der Waals surface area contributed by atoms with Crippen molar-refractivity contribution in [2.24, 2.45) is 11.3 Å². The van der Waals surface area contributed by atoms with Crippen LogP contribution in [0.1, 0.15) is 43.9 Å². The molecular formula is C16H25NO. The van der Waals surface area contributed by atoms with E-state index >= 15 is 0 Å². The molecule has 1 atom stereocenters. The van der Waals surface area contributed by atoms with Gasteiger partial charge in [-0.05, 0) is 43.4 Å². The Balaban J connectivity index is 2.12. The Labute approximate surface area is 110 Å². The van der Waals surface area contributed by atoms with Crippen molar-refractivity contribution in [2.75, 3.05) is 13.7 Å². The molecule has 0 aliphatic heterocycles. The Hall–Kier alpha value is -0.860. The van der Waals surface area contributed by atoms with Gasteiger partial charge in [0.1, 0.15) is 0 Å². The first kappa shape index (κ1) is 13.6. The number of nitrogens with one attached hydrogen (secondary N) is 1. The van der Waals surface area contributed by atoms with Crippen molar-refractivity contribution < 1.29 is 5.11 Å². The molecule has 0 radical (unpaired) electrons. The van der Waals surface area contributed by atoms with Crippen LogP contribution in [0.5, 0.6) is 0 Å². The molecule has 2 N–H and O–H groups in total. The molecule has 1 aliphatic rings. The van der Waals surface area contributed by atoms with Gasteiger partial charge in [-0.1, -0.05) is 38.1 Å². The zero-order valence-electron chi connectivity index (χ0n) is 11.7. The second-order valence-electron chi connectivity index (χ2n) is 6.08. The highest BCUT2D eigenvalue weighted by molar-refractivity contribution is 5.28. The molecule has 1 fully saturated rings. The normalized spacial score (nSPS) is 18.9. The summed E-state index contributed by atoms with van der Waals surface area (Å²) in [5, 5.41) is 12.9. The molecule has 2 rings (SSSR count). The third-order valence-electron chi connectivity index (χ3n) is 4.07. The fraction of sp³-hybridized carbons (Fsp3) is 0.625. The van der Waals surface area contributed by atoms with Gasteiger partial charge in [0.25, 0.3) is 0 Å². The lowest BCUT2D eigenvalue weighted by atomic mass is 9.89. The molecule has 1 aliphatic carbocycles. The van der Waals surface area contributed by atoms with Crippen molar-refractivity contribution in [3.05, 3.63) is 35.4 Å². The third-order valence-corrected chi connectivity index (χ3v) is 4.07. The monoisotopic (exact) mass is 247 g/mol. The molecular weight excluding hydrogens is 222 g/mol. The van der Waals surface area contributed by atoms with Crippen LogP contribution in [-0.4, -0.2) is 18.8 Å². The Bertz CT molecular complexity index is 379. The van der Waals surface area contributed by atoms with E-state index in [-0.39, 0.29) is 18.1 Å². The van der Waals surface area contributed by atoms with E-state index in [1.165, 1.54) is 11.1 Å². The predicted molar refractivity (Wildman–Crippen MR) is 75.5 cm³/mol. The summed E-state index contributed by atoms with van der Waals surface area (Å²) in [5.74, 6) is 0.697. The standard InChI is InChI=1S/C16H25NO/c1-12(2)10-13-4-6-14(7-5-13)15(17-3)16(11-18)8-9-16/h4-7,12,15,17-18H,8-11H2,1-3H3. The summed E-state index contributed by atoms with van der Waals surface area (Å²) in [4.78, 5) is 0. The highest BCUT2D eigenvalue weighted by Gasteiger charge is 2.48. The van der Waals surface area contributed by atoms with E-state index in [0.29, 0.717) is 5.92 Å². The van der Waals surface area contributed by atoms with E-state index in [1.807, 2.05) is 7.05 Å². The summed E-state index contributed by atoms with van der Waals surface area (Å²) in [6.45, 7) is 4.77. The lowest BCUT2D eigenvalue weighted by molar-refractivity contribution is 0.175. The lowest BCUT2D eigenvalue weighted by Gasteiger charge is -2.25. The first-order chi connectivity index (χ1) is 8.61. The van der Waals surface area contributed by atoms with Gasteiger partial charge >= 0.3 is 0 Å². The van der Waals surface area contributed by atoms with Crippen LogP contribution < -0.4 is 5.32 Å². The van der Waals surface area contributed by atoms with Crippen molar-refractivity contribution in [3.8, 4) is 0 Å². The largest absolute Gasteiger partial charge is 0.396 e. The smallest absolute Gasteiger partial charge is 0.0505 e. The third kappa shape index (κ3) is 2.76. The quantitative estimate of drug-likeness (QED) is 0.810. The van der Waals surface area contributed by atoms with E-state index in [4.69, 9.17) is 0 Å². The van der Waals surface area contributed by atoms with E-state index in [9.17, 15) is 5.11 Å². The number of aliphatic hydroxyl groups is 1. The minimum Gasteiger partial charge on any atom is -0.396 e. The van der Waals surface area contributed by atoms with Gasteiger partial charge in [-0.3, -0.25) is 0 Å². The summed E-state index contributed by atoms with van der Waals surface area (Å²) < 4.78 is 0. The fourth-order valence-electron chi connectivity index (χ4n) is 2.84. The Morgan fingerprint density at radius 2 is 1.83 bits per heavy atom. The Kier molecular flexibility index (Phi) is 4.08. The van der Waals surface area contributed by atoms with Gasteiger partial charge in [-0.15, -0.1) is 0 Å². The van der Waals surface area contributed by atoms with Crippen molar-refractivity contribution in [2.45, 2.75) is 39.2 Å². The molecule has 18 heavy (non-hydrogen) atoms. The maximum atomic E-state index is 9.55. The first-order valence-corrected chi connectivity index (χ1v) is 6.98. The molecule has 2 nitrogen and oxygen atoms in total. The molecule has 2 heteroatoms. The average Bonchev–Trinajstić information content (AvgIpc) is 3.13. The molecule has 0 saturated heterocycles. The molecule has 0 bridgehead atoms. The van der Waals surface area contributed by atoms with Crippen LogP contribution >= 0.6 is 0 Å². The summed E-state index contributed by atoms with van der Waals surface area (Å²) >= 11 is 0. The Morgan fingerprint density at radius 3 is 2.22 bits per heavy atom. The van der Waals surface area contributed by atoms with E-state index in [0.717, 1.165) is 19.3 Å². The van der Waals surface area contributed by atoms with E-state index in [2.05, 4.69) is 43.4 Å². The second-order valence-corrected chi connectivity index (χ2v) is 6.08. The number of hydrogen-bond donors (Lipinski definition) is 2. The molecule has 1 saturated carbocycles. The number of rotatable bonds is 6. The van der Waals surface area contributed by atoms with Crippen molar-refractivity contribution >= 4 is 0 Å². The SMILES string of the molecule is CNC(c1ccc(CC(C)C)cc1)C1(CO)CC1. The molecule has 0 aromatic heterocycles. The van der Waals surface area contributed by atoms with Crippen LogP contribution in [0, 0.1) is 11.3 Å². The van der Waals surface area contributed by atoms with Crippen LogP contribution in [0.2, 0.25) is 0 Å². The van der Waals surface area contributed by atoms with Gasteiger partial charge in [-0.25, -0.2) is 0 Å². The van der Waals surface area contributed by atoms with E-state index < -0.39 is 0 Å².